The molecule has 20 nitrogen and oxygen atoms in total. The second kappa shape index (κ2) is 15.1. The first-order chi connectivity index (χ1) is 27.0. The van der Waals surface area contributed by atoms with Crippen molar-refractivity contribution in [2.75, 3.05) is 0 Å². The van der Waals surface area contributed by atoms with Crippen molar-refractivity contribution in [3.8, 4) is 62.8 Å². The first-order valence-electron chi connectivity index (χ1n) is 15.3. The van der Waals surface area contributed by atoms with E-state index in [2.05, 4.69) is 15.0 Å². The highest BCUT2D eigenvalue weighted by atomic mass is 127. The zero-order valence-corrected chi connectivity index (χ0v) is 35.7. The lowest BCUT2D eigenvalue weighted by Gasteiger charge is -2.04. The van der Waals surface area contributed by atoms with Gasteiger partial charge in [0.15, 0.2) is 34.6 Å². The van der Waals surface area contributed by atoms with Gasteiger partial charge in [-0.1, -0.05) is 77.5 Å². The predicted octanol–water partition coefficient (Wildman–Crippen LogP) is -15.7. The predicted molar refractivity (Wildman–Crippen MR) is 158 cm³/mol. The van der Waals surface area contributed by atoms with Crippen molar-refractivity contribution in [1.29, 1.82) is 0 Å². The van der Waals surface area contributed by atoms with Crippen molar-refractivity contribution in [3.05, 3.63) is 78.9 Å². The molecule has 0 atom stereocenters. The van der Waals surface area contributed by atoms with E-state index in [0.717, 1.165) is 10.8 Å². The van der Waals surface area contributed by atoms with Gasteiger partial charge >= 0.3 is 90.0 Å². The van der Waals surface area contributed by atoms with Crippen LogP contribution in [0.2, 0.25) is 0 Å². The van der Waals surface area contributed by atoms with Crippen molar-refractivity contribution in [3.63, 3.8) is 0 Å². The number of nitrogens with one attached hydrogen (secondary N) is 1. The van der Waals surface area contributed by atoms with E-state index in [0.29, 0.717) is 33.0 Å². The first-order valence-corrected chi connectivity index (χ1v) is 25.9. The molecule has 7 aromatic rings. The Hall–Kier alpha value is -3.96. The zero-order valence-electron chi connectivity index (χ0n) is 27.0. The summed E-state index contributed by atoms with van der Waals surface area (Å²) in [4.78, 5) is 31.4. The maximum Gasteiger partial charge on any atom is 0.603 e. The molecule has 2 aliphatic heterocycles. The van der Waals surface area contributed by atoms with Gasteiger partial charge in [-0.2, -0.15) is 0 Å². The summed E-state index contributed by atoms with van der Waals surface area (Å²) in [6.45, 7) is 0. The normalized spacial score (nSPS) is 12.2. The number of H-pyrrole nitrogens is 1. The Kier molecular flexibility index (Phi) is 10.1. The van der Waals surface area contributed by atoms with E-state index in [4.69, 9.17) is 32.3 Å². The number of aromatic amines is 1. The molecule has 0 saturated carbocycles. The third kappa shape index (κ3) is 6.80. The molecule has 0 unspecified atom stereocenters. The Bertz CT molecular complexity index is 2890. The molecule has 0 spiro atoms. The Morgan fingerprint density at radius 3 is 1.39 bits per heavy atom. The van der Waals surface area contributed by atoms with Gasteiger partial charge in [-0.3, -0.25) is 0 Å². The highest BCUT2D eigenvalue weighted by Gasteiger charge is 2.39. The molecule has 24 heteroatoms. The van der Waals surface area contributed by atoms with Crippen LogP contribution in [0.3, 0.4) is 0 Å². The Morgan fingerprint density at radius 2 is 0.911 bits per heavy atom. The molecule has 2 aliphatic rings. The molecule has 56 heavy (non-hydrogen) atoms. The van der Waals surface area contributed by atoms with E-state index in [-0.39, 0.29) is 56.7 Å². The number of hydrogen-bond donors (Lipinski definition) is 1. The molecule has 4 aromatic carbocycles. The Labute approximate surface area is 346 Å². The van der Waals surface area contributed by atoms with Crippen LogP contribution in [-0.4, -0.2) is 39.6 Å². The van der Waals surface area contributed by atoms with Gasteiger partial charge in [-0.25, -0.2) is 29.9 Å². The molecule has 9 rings (SSSR count). The van der Waals surface area contributed by atoms with E-state index >= 15 is 0 Å². The molecule has 8 bridgehead atoms. The third-order valence-corrected chi connectivity index (χ3v) is 11.5. The van der Waals surface area contributed by atoms with Crippen LogP contribution in [-0.2, 0) is 0 Å². The molecular formula is C32H14I4N8O12. The summed E-state index contributed by atoms with van der Waals surface area (Å²) in [6, 6.07) is 21.6. The second-order valence-corrected chi connectivity index (χ2v) is 17.4. The lowest BCUT2D eigenvalue weighted by molar-refractivity contribution is -1.62. The van der Waals surface area contributed by atoms with Crippen molar-refractivity contribution >= 4 is 44.1 Å². The van der Waals surface area contributed by atoms with Crippen molar-refractivity contribution in [2.45, 2.75) is 0 Å². The van der Waals surface area contributed by atoms with E-state index in [9.17, 15) is 27.5 Å². The van der Waals surface area contributed by atoms with Crippen LogP contribution in [0.5, 0.6) is 17.2 Å². The summed E-state index contributed by atoms with van der Waals surface area (Å²) >= 11 is -18.7. The van der Waals surface area contributed by atoms with Crippen LogP contribution in [0.4, 0.5) is 0 Å². The highest BCUT2D eigenvalue weighted by Crippen LogP contribution is 2.45. The Balaban J connectivity index is 1.52. The molecule has 0 amide bonds. The lowest BCUT2D eigenvalue weighted by Crippen LogP contribution is -4.01. The van der Waals surface area contributed by atoms with Crippen LogP contribution < -0.4 is 124 Å². The average molecular weight is 1210 g/mol. The van der Waals surface area contributed by atoms with Crippen LogP contribution in [0.15, 0.2) is 78.9 Å². The van der Waals surface area contributed by atoms with Crippen molar-refractivity contribution < 1.29 is 124 Å². The molecular weight excluding hydrogens is 1200 g/mol. The second-order valence-electron chi connectivity index (χ2n) is 11.4. The Morgan fingerprint density at radius 1 is 0.464 bits per heavy atom. The highest BCUT2D eigenvalue weighted by molar-refractivity contribution is 6.11. The summed E-state index contributed by atoms with van der Waals surface area (Å²) in [7, 11) is 0. The number of rotatable bonds is 8. The largest absolute Gasteiger partial charge is 0.603 e. The molecule has 0 fully saturated rings. The lowest BCUT2D eigenvalue weighted by atomic mass is 10.1. The van der Waals surface area contributed by atoms with Gasteiger partial charge < -0.3 is 32.5 Å². The maximum atomic E-state index is 12.3. The summed E-state index contributed by atoms with van der Waals surface area (Å²) in [5.74, 6) is -2.02. The van der Waals surface area contributed by atoms with Gasteiger partial charge in [-0.15, -0.1) is 9.20 Å². The molecule has 0 aliphatic carbocycles. The standard InChI is InChI=1S/C32H14I4N8O12/c45-33(46)53-21-13-20-22(24(55-35(49)50)23(21)54-34(47)48)30-40-26-15-8-2-4-10-17(15)28(38-26)43-32-19-12-6-5-11-18(19)31(44(32)56-36(51)52)42-27-16-9-3-1-7-14(16)25(37-27)39-29(20)41-30/h1-13H,(H,37,38,39,40,41,42,43). The number of benzene rings is 4. The molecule has 282 valence electrons. The number of nitrogens with zero attached hydrogens (tertiary/aromatic N) is 7. The minimum absolute atomic E-state index is 0.0108. The van der Waals surface area contributed by atoms with Crippen LogP contribution in [0.25, 0.3) is 89.7 Å². The van der Waals surface area contributed by atoms with Gasteiger partial charge in [0.25, 0.3) is 11.5 Å². The van der Waals surface area contributed by atoms with Crippen molar-refractivity contribution in [1.82, 2.24) is 39.6 Å². The van der Waals surface area contributed by atoms with Gasteiger partial charge in [0.2, 0.25) is 0 Å². The third-order valence-electron chi connectivity index (χ3n) is 8.38. The van der Waals surface area contributed by atoms with Crippen LogP contribution in [0, 0.1) is 0 Å². The monoisotopic (exact) mass is 1210 g/mol. The fourth-order valence-electron chi connectivity index (χ4n) is 6.32. The number of fused-ring (bicyclic) bond motifs is 20. The summed E-state index contributed by atoms with van der Waals surface area (Å²) < 4.78 is 118. The van der Waals surface area contributed by atoms with E-state index in [1.807, 2.05) is 0 Å². The minimum atomic E-state index is -4.79. The van der Waals surface area contributed by atoms with Gasteiger partial charge in [0, 0.05) is 44.5 Å². The summed E-state index contributed by atoms with van der Waals surface area (Å²) in [6.07, 6.45) is 0. The van der Waals surface area contributed by atoms with E-state index in [1.54, 1.807) is 72.8 Å². The van der Waals surface area contributed by atoms with Crippen LogP contribution in [0.1, 0.15) is 0 Å². The number of hydrogen-bond acceptors (Lipinski definition) is 18. The quantitative estimate of drug-likeness (QED) is 0.138. The fraction of sp³-hybridized carbons (Fsp3) is 0. The van der Waals surface area contributed by atoms with Crippen molar-refractivity contribution in [2.24, 2.45) is 0 Å². The first kappa shape index (κ1) is 37.6. The zero-order chi connectivity index (χ0) is 38.8. The fourth-order valence-corrected chi connectivity index (χ4v) is 9.28. The molecule has 5 heterocycles. The van der Waals surface area contributed by atoms with Gasteiger partial charge in [0.05, 0.1) is 5.39 Å². The SMILES string of the molecule is [O-][I+2]([O-])Oc1cc2c3nc4nc(nc5c6ccccc6c(nc6nc(nc([nH]3)c2c(O[I+2]([O-])[O-])c1O[I+2]([O-])[O-])-c1ccccc1-6)n5O[I+2]([O-])[O-])-c1ccccc1-4. The topological polar surface area (TPSA) is 319 Å². The van der Waals surface area contributed by atoms with E-state index < -0.39 is 102 Å². The average Bonchev–Trinajstić information content (AvgIpc) is 3.87. The molecule has 0 radical (unpaired) electrons. The van der Waals surface area contributed by atoms with Gasteiger partial charge in [0.1, 0.15) is 11.3 Å². The summed E-state index contributed by atoms with van der Waals surface area (Å²) in [5, 5.41) is 0.703. The maximum absolute atomic E-state index is 12.3. The minimum Gasteiger partial charge on any atom is -0.385 e. The van der Waals surface area contributed by atoms with Gasteiger partial charge in [-0.05, 0) is 3.17 Å². The molecule has 1 N–H and O–H groups in total. The molecule has 0 saturated heterocycles. The smallest absolute Gasteiger partial charge is 0.385 e. The summed E-state index contributed by atoms with van der Waals surface area (Å²) in [5.41, 5.74) is 1.64. The molecule has 3 aromatic heterocycles. The van der Waals surface area contributed by atoms with Crippen LogP contribution >= 0.6 is 0 Å². The number of aromatic nitrogens is 8. The number of halogens is 4. The van der Waals surface area contributed by atoms with E-state index in [1.165, 1.54) is 0 Å².